The largest absolute Gasteiger partial charge is 0.480 e. The second-order valence-electron chi connectivity index (χ2n) is 4.01. The highest BCUT2D eigenvalue weighted by molar-refractivity contribution is 7.99. The summed E-state index contributed by atoms with van der Waals surface area (Å²) >= 11 is 1.54. The molecule has 1 aliphatic rings. The van der Waals surface area contributed by atoms with E-state index in [1.807, 2.05) is 0 Å². The lowest BCUT2D eigenvalue weighted by molar-refractivity contribution is -0.139. The first kappa shape index (κ1) is 12.3. The van der Waals surface area contributed by atoms with E-state index in [1.54, 1.807) is 18.6 Å². The molecule has 17 heavy (non-hydrogen) atoms. The van der Waals surface area contributed by atoms with Crippen molar-refractivity contribution < 1.29 is 9.90 Å². The molecule has 0 aliphatic heterocycles. The molecule has 1 heterocycles. The Balaban J connectivity index is 1.73. The number of carboxylic acid groups (broad SMARTS) is 1. The molecule has 0 spiro atoms. The minimum absolute atomic E-state index is 0.414. The van der Waals surface area contributed by atoms with Crippen LogP contribution in [0.25, 0.3) is 0 Å². The Labute approximate surface area is 104 Å². The summed E-state index contributed by atoms with van der Waals surface area (Å²) in [5.41, 5.74) is 0. The molecular formula is C11H15N3O2S. The van der Waals surface area contributed by atoms with E-state index in [1.165, 1.54) is 11.8 Å². The first-order valence-corrected chi connectivity index (χ1v) is 6.62. The highest BCUT2D eigenvalue weighted by Gasteiger charge is 2.27. The van der Waals surface area contributed by atoms with Gasteiger partial charge in [-0.05, 0) is 19.3 Å². The van der Waals surface area contributed by atoms with Gasteiger partial charge in [-0.3, -0.25) is 9.78 Å². The van der Waals surface area contributed by atoms with E-state index in [-0.39, 0.29) is 0 Å². The van der Waals surface area contributed by atoms with Crippen LogP contribution in [-0.2, 0) is 4.79 Å². The number of nitrogens with one attached hydrogen (secondary N) is 1. The lowest BCUT2D eigenvalue weighted by atomic mass is 10.2. The number of rotatable bonds is 7. The fourth-order valence-corrected chi connectivity index (χ4v) is 2.29. The molecule has 0 amide bonds. The van der Waals surface area contributed by atoms with Gasteiger partial charge in [0, 0.05) is 24.2 Å². The molecule has 5 nitrogen and oxygen atoms in total. The van der Waals surface area contributed by atoms with Gasteiger partial charge in [0.25, 0.3) is 0 Å². The van der Waals surface area contributed by atoms with Gasteiger partial charge in [-0.1, -0.05) is 0 Å². The second kappa shape index (κ2) is 5.97. The zero-order valence-electron chi connectivity index (χ0n) is 9.37. The average molecular weight is 253 g/mol. The Kier molecular flexibility index (Phi) is 4.33. The number of nitrogens with zero attached hydrogens (tertiary/aromatic N) is 2. The summed E-state index contributed by atoms with van der Waals surface area (Å²) in [6.45, 7) is 0. The number of hydrogen-bond acceptors (Lipinski definition) is 5. The van der Waals surface area contributed by atoms with Gasteiger partial charge in [0.2, 0.25) is 0 Å². The van der Waals surface area contributed by atoms with Crippen LogP contribution in [0.1, 0.15) is 19.3 Å². The smallest absolute Gasteiger partial charge is 0.320 e. The summed E-state index contributed by atoms with van der Waals surface area (Å²) in [6, 6.07) is -0.0238. The molecule has 92 valence electrons. The minimum Gasteiger partial charge on any atom is -0.480 e. The van der Waals surface area contributed by atoms with Crippen molar-refractivity contribution in [1.29, 1.82) is 0 Å². The standard InChI is InChI=1S/C11H15N3O2S/c15-11(16)9(14-8-1-2-8)3-6-17-10-7-12-4-5-13-10/h4-5,7-9,14H,1-3,6H2,(H,15,16). The predicted molar refractivity (Wildman–Crippen MR) is 65.0 cm³/mol. The van der Waals surface area contributed by atoms with Crippen molar-refractivity contribution in [2.45, 2.75) is 36.4 Å². The van der Waals surface area contributed by atoms with Gasteiger partial charge in [-0.2, -0.15) is 0 Å². The number of hydrogen-bond donors (Lipinski definition) is 2. The average Bonchev–Trinajstić information content (AvgIpc) is 3.13. The van der Waals surface area contributed by atoms with Crippen molar-refractivity contribution >= 4 is 17.7 Å². The quantitative estimate of drug-likeness (QED) is 0.710. The van der Waals surface area contributed by atoms with Crippen molar-refractivity contribution in [2.24, 2.45) is 0 Å². The Morgan fingerprint density at radius 1 is 1.59 bits per heavy atom. The molecule has 0 aromatic carbocycles. The van der Waals surface area contributed by atoms with Crippen LogP contribution in [0.3, 0.4) is 0 Å². The van der Waals surface area contributed by atoms with Crippen molar-refractivity contribution in [1.82, 2.24) is 15.3 Å². The molecule has 0 radical (unpaired) electrons. The van der Waals surface area contributed by atoms with E-state index in [0.29, 0.717) is 12.5 Å². The molecule has 1 fully saturated rings. The van der Waals surface area contributed by atoms with Crippen molar-refractivity contribution in [3.63, 3.8) is 0 Å². The lowest BCUT2D eigenvalue weighted by Gasteiger charge is -2.13. The van der Waals surface area contributed by atoms with Gasteiger partial charge >= 0.3 is 5.97 Å². The molecule has 0 bridgehead atoms. The maximum Gasteiger partial charge on any atom is 0.320 e. The Morgan fingerprint density at radius 3 is 3.00 bits per heavy atom. The molecule has 1 aliphatic carbocycles. The van der Waals surface area contributed by atoms with Crippen LogP contribution in [0.2, 0.25) is 0 Å². The highest BCUT2D eigenvalue weighted by atomic mass is 32.2. The maximum absolute atomic E-state index is 11.0. The van der Waals surface area contributed by atoms with Crippen LogP contribution < -0.4 is 5.32 Å². The molecule has 2 N–H and O–H groups in total. The third-order valence-corrected chi connectivity index (χ3v) is 3.45. The van der Waals surface area contributed by atoms with Crippen LogP contribution in [-0.4, -0.2) is 38.9 Å². The molecule has 0 saturated heterocycles. The monoisotopic (exact) mass is 253 g/mol. The molecular weight excluding hydrogens is 238 g/mol. The van der Waals surface area contributed by atoms with Crippen LogP contribution in [0.5, 0.6) is 0 Å². The number of thioether (sulfide) groups is 1. The van der Waals surface area contributed by atoms with Crippen molar-refractivity contribution in [3.8, 4) is 0 Å². The first-order chi connectivity index (χ1) is 8.25. The van der Waals surface area contributed by atoms with E-state index in [9.17, 15) is 4.79 Å². The van der Waals surface area contributed by atoms with Crippen LogP contribution in [0.4, 0.5) is 0 Å². The molecule has 2 rings (SSSR count). The molecule has 1 aromatic heterocycles. The first-order valence-electron chi connectivity index (χ1n) is 5.63. The zero-order chi connectivity index (χ0) is 12.1. The van der Waals surface area contributed by atoms with Crippen LogP contribution >= 0.6 is 11.8 Å². The van der Waals surface area contributed by atoms with Crippen molar-refractivity contribution in [2.75, 3.05) is 5.75 Å². The van der Waals surface area contributed by atoms with Gasteiger partial charge in [-0.25, -0.2) is 4.98 Å². The molecule has 1 unspecified atom stereocenters. The third kappa shape index (κ3) is 4.32. The number of aromatic nitrogens is 2. The van der Waals surface area contributed by atoms with E-state index in [2.05, 4.69) is 15.3 Å². The van der Waals surface area contributed by atoms with Crippen molar-refractivity contribution in [3.05, 3.63) is 18.6 Å². The normalized spacial score (nSPS) is 16.7. The van der Waals surface area contributed by atoms with Gasteiger partial charge in [0.05, 0.1) is 6.20 Å². The minimum atomic E-state index is -0.767. The Hall–Kier alpha value is -1.14. The van der Waals surface area contributed by atoms with Crippen LogP contribution in [0.15, 0.2) is 23.6 Å². The predicted octanol–water partition coefficient (Wildman–Crippen LogP) is 1.16. The van der Waals surface area contributed by atoms with Gasteiger partial charge < -0.3 is 10.4 Å². The molecule has 1 aromatic rings. The fraction of sp³-hybridized carbons (Fsp3) is 0.545. The summed E-state index contributed by atoms with van der Waals surface area (Å²) in [6.07, 6.45) is 7.75. The summed E-state index contributed by atoms with van der Waals surface area (Å²) in [4.78, 5) is 19.1. The summed E-state index contributed by atoms with van der Waals surface area (Å²) in [5.74, 6) is -0.0355. The van der Waals surface area contributed by atoms with E-state index >= 15 is 0 Å². The second-order valence-corrected chi connectivity index (χ2v) is 5.13. The van der Waals surface area contributed by atoms with E-state index < -0.39 is 12.0 Å². The fourth-order valence-electron chi connectivity index (χ4n) is 1.45. The Bertz CT molecular complexity index is 370. The third-order valence-electron chi connectivity index (χ3n) is 2.51. The number of carbonyl (C=O) groups is 1. The van der Waals surface area contributed by atoms with E-state index in [0.717, 1.165) is 23.6 Å². The lowest BCUT2D eigenvalue weighted by Crippen LogP contribution is -2.38. The summed E-state index contributed by atoms with van der Waals surface area (Å²) in [5, 5.41) is 13.0. The Morgan fingerprint density at radius 2 is 2.41 bits per heavy atom. The maximum atomic E-state index is 11.0. The zero-order valence-corrected chi connectivity index (χ0v) is 10.2. The van der Waals surface area contributed by atoms with Crippen LogP contribution in [0, 0.1) is 0 Å². The molecule has 1 saturated carbocycles. The highest BCUT2D eigenvalue weighted by Crippen LogP contribution is 2.21. The summed E-state index contributed by atoms with van der Waals surface area (Å²) in [7, 11) is 0. The SMILES string of the molecule is O=C(O)C(CCSc1cnccn1)NC1CC1. The molecule has 1 atom stereocenters. The number of carboxylic acids is 1. The molecule has 6 heteroatoms. The number of aliphatic carboxylic acids is 1. The summed E-state index contributed by atoms with van der Waals surface area (Å²) < 4.78 is 0. The van der Waals surface area contributed by atoms with Gasteiger partial charge in [0.15, 0.2) is 0 Å². The van der Waals surface area contributed by atoms with Gasteiger partial charge in [-0.15, -0.1) is 11.8 Å². The topological polar surface area (TPSA) is 75.1 Å². The van der Waals surface area contributed by atoms with E-state index in [4.69, 9.17) is 5.11 Å². The van der Waals surface area contributed by atoms with Gasteiger partial charge in [0.1, 0.15) is 11.1 Å².